The first-order chi connectivity index (χ1) is 9.74. The molecule has 118 valence electrons. The standard InChI is InChI=1S/C13H17F3N2O2S/c1-18(10-6-8-17-9-7-10)21(19,20)12-5-3-2-4-11(12)13(14,15)16/h2-5,10,17H,6-9H2,1H3. The van der Waals surface area contributed by atoms with Crippen LogP contribution in [0, 0.1) is 0 Å². The molecule has 1 saturated heterocycles. The van der Waals surface area contributed by atoms with Gasteiger partial charge in [-0.3, -0.25) is 0 Å². The smallest absolute Gasteiger partial charge is 0.317 e. The maximum atomic E-state index is 13.0. The van der Waals surface area contributed by atoms with Crippen molar-refractivity contribution in [3.8, 4) is 0 Å². The summed E-state index contributed by atoms with van der Waals surface area (Å²) in [4.78, 5) is -0.682. The van der Waals surface area contributed by atoms with E-state index >= 15 is 0 Å². The van der Waals surface area contributed by atoms with Gasteiger partial charge in [0.25, 0.3) is 0 Å². The molecule has 0 bridgehead atoms. The molecule has 1 fully saturated rings. The lowest BCUT2D eigenvalue weighted by Crippen LogP contribution is -2.44. The van der Waals surface area contributed by atoms with Crippen molar-refractivity contribution in [1.29, 1.82) is 0 Å². The third kappa shape index (κ3) is 3.38. The highest BCUT2D eigenvalue weighted by atomic mass is 32.2. The molecule has 1 heterocycles. The zero-order valence-corrected chi connectivity index (χ0v) is 12.3. The molecule has 2 rings (SSSR count). The Balaban J connectivity index is 2.40. The molecular formula is C13H17F3N2O2S. The Morgan fingerprint density at radius 1 is 1.19 bits per heavy atom. The third-order valence-electron chi connectivity index (χ3n) is 3.67. The molecule has 1 aromatic carbocycles. The van der Waals surface area contributed by atoms with Crippen molar-refractivity contribution in [1.82, 2.24) is 9.62 Å². The Morgan fingerprint density at radius 3 is 2.33 bits per heavy atom. The lowest BCUT2D eigenvalue weighted by molar-refractivity contribution is -0.139. The maximum absolute atomic E-state index is 13.0. The molecule has 0 unspecified atom stereocenters. The van der Waals surface area contributed by atoms with E-state index in [9.17, 15) is 21.6 Å². The van der Waals surface area contributed by atoms with Gasteiger partial charge < -0.3 is 5.32 Å². The lowest BCUT2D eigenvalue weighted by Gasteiger charge is -2.31. The fourth-order valence-corrected chi connectivity index (χ4v) is 4.07. The van der Waals surface area contributed by atoms with Gasteiger partial charge in [0.2, 0.25) is 10.0 Å². The monoisotopic (exact) mass is 322 g/mol. The van der Waals surface area contributed by atoms with Gasteiger partial charge in [-0.15, -0.1) is 0 Å². The second-order valence-electron chi connectivity index (χ2n) is 5.00. The molecule has 4 nitrogen and oxygen atoms in total. The fraction of sp³-hybridized carbons (Fsp3) is 0.538. The highest BCUT2D eigenvalue weighted by Gasteiger charge is 2.39. The van der Waals surface area contributed by atoms with Gasteiger partial charge in [0.15, 0.2) is 0 Å². The first-order valence-electron chi connectivity index (χ1n) is 6.59. The summed E-state index contributed by atoms with van der Waals surface area (Å²) in [5, 5.41) is 3.09. The number of alkyl halides is 3. The number of nitrogens with one attached hydrogen (secondary N) is 1. The summed E-state index contributed by atoms with van der Waals surface area (Å²) < 4.78 is 65.1. The molecule has 0 saturated carbocycles. The van der Waals surface area contributed by atoms with E-state index in [1.807, 2.05) is 0 Å². The molecule has 0 aromatic heterocycles. The molecule has 8 heteroatoms. The molecule has 0 atom stereocenters. The molecule has 21 heavy (non-hydrogen) atoms. The van der Waals surface area contributed by atoms with Gasteiger partial charge >= 0.3 is 6.18 Å². The van der Waals surface area contributed by atoms with Gasteiger partial charge in [-0.05, 0) is 38.1 Å². The van der Waals surface area contributed by atoms with Crippen LogP contribution in [0.5, 0.6) is 0 Å². The predicted molar refractivity (Wildman–Crippen MR) is 72.3 cm³/mol. The van der Waals surface area contributed by atoms with Gasteiger partial charge in [0.05, 0.1) is 10.5 Å². The summed E-state index contributed by atoms with van der Waals surface area (Å²) in [5.74, 6) is 0. The van der Waals surface area contributed by atoms with Crippen LogP contribution in [0.3, 0.4) is 0 Å². The maximum Gasteiger partial charge on any atom is 0.417 e. The Hall–Kier alpha value is -1.12. The SMILES string of the molecule is CN(C1CCNCC1)S(=O)(=O)c1ccccc1C(F)(F)F. The van der Waals surface area contributed by atoms with Crippen LogP contribution in [0.4, 0.5) is 13.2 Å². The third-order valence-corrected chi connectivity index (χ3v) is 5.64. The zero-order valence-electron chi connectivity index (χ0n) is 11.5. The number of benzene rings is 1. The van der Waals surface area contributed by atoms with Gasteiger partial charge in [0.1, 0.15) is 0 Å². The second kappa shape index (κ2) is 5.94. The van der Waals surface area contributed by atoms with Crippen LogP contribution < -0.4 is 5.32 Å². The van der Waals surface area contributed by atoms with Crippen LogP contribution in [-0.4, -0.2) is 38.9 Å². The van der Waals surface area contributed by atoms with Crippen molar-refractivity contribution in [2.24, 2.45) is 0 Å². The number of piperidine rings is 1. The first-order valence-corrected chi connectivity index (χ1v) is 8.03. The van der Waals surface area contributed by atoms with Gasteiger partial charge in [-0.2, -0.15) is 17.5 Å². The Morgan fingerprint density at radius 2 is 1.76 bits per heavy atom. The summed E-state index contributed by atoms with van der Waals surface area (Å²) >= 11 is 0. The summed E-state index contributed by atoms with van der Waals surface area (Å²) in [6.45, 7) is 1.32. The molecule has 0 radical (unpaired) electrons. The van der Waals surface area contributed by atoms with Gasteiger partial charge in [0, 0.05) is 13.1 Å². The van der Waals surface area contributed by atoms with Gasteiger partial charge in [-0.1, -0.05) is 12.1 Å². The number of rotatable bonds is 3. The lowest BCUT2D eigenvalue weighted by atomic mass is 10.1. The molecule has 0 aliphatic carbocycles. The van der Waals surface area contributed by atoms with Crippen LogP contribution in [0.1, 0.15) is 18.4 Å². The zero-order chi connectivity index (χ0) is 15.7. The van der Waals surface area contributed by atoms with E-state index in [4.69, 9.17) is 0 Å². The Kier molecular flexibility index (Phi) is 4.60. The molecule has 1 aromatic rings. The van der Waals surface area contributed by atoms with E-state index in [0.29, 0.717) is 25.9 Å². The molecular weight excluding hydrogens is 305 g/mol. The largest absolute Gasteiger partial charge is 0.417 e. The van der Waals surface area contributed by atoms with Crippen LogP contribution in [0.2, 0.25) is 0 Å². The van der Waals surface area contributed by atoms with Crippen molar-refractivity contribution in [2.75, 3.05) is 20.1 Å². The molecule has 1 N–H and O–H groups in total. The van der Waals surface area contributed by atoms with E-state index in [2.05, 4.69) is 5.32 Å². The highest BCUT2D eigenvalue weighted by molar-refractivity contribution is 7.89. The Bertz CT molecular complexity index is 596. The topological polar surface area (TPSA) is 49.4 Å². The second-order valence-corrected chi connectivity index (χ2v) is 6.96. The van der Waals surface area contributed by atoms with E-state index in [1.165, 1.54) is 19.2 Å². The minimum atomic E-state index is -4.70. The average molecular weight is 322 g/mol. The average Bonchev–Trinajstić information content (AvgIpc) is 2.46. The summed E-state index contributed by atoms with van der Waals surface area (Å²) in [7, 11) is -2.82. The molecule has 0 spiro atoms. The molecule has 1 aliphatic heterocycles. The summed E-state index contributed by atoms with van der Waals surface area (Å²) in [6, 6.07) is 4.02. The van der Waals surface area contributed by atoms with Crippen LogP contribution in [0.25, 0.3) is 0 Å². The number of nitrogens with zero attached hydrogens (tertiary/aromatic N) is 1. The van der Waals surface area contributed by atoms with Crippen molar-refractivity contribution in [3.05, 3.63) is 29.8 Å². The first kappa shape index (κ1) is 16.3. The number of halogens is 3. The minimum absolute atomic E-state index is 0.280. The summed E-state index contributed by atoms with van der Waals surface area (Å²) in [6.07, 6.45) is -3.52. The number of sulfonamides is 1. The highest BCUT2D eigenvalue weighted by Crippen LogP contribution is 2.35. The van der Waals surface area contributed by atoms with E-state index < -0.39 is 26.7 Å². The quantitative estimate of drug-likeness (QED) is 0.927. The van der Waals surface area contributed by atoms with Crippen LogP contribution in [-0.2, 0) is 16.2 Å². The van der Waals surface area contributed by atoms with Crippen molar-refractivity contribution in [2.45, 2.75) is 30.0 Å². The van der Waals surface area contributed by atoms with Crippen LogP contribution in [0.15, 0.2) is 29.2 Å². The van der Waals surface area contributed by atoms with Crippen LogP contribution >= 0.6 is 0 Å². The molecule has 1 aliphatic rings. The molecule has 0 amide bonds. The van der Waals surface area contributed by atoms with Gasteiger partial charge in [-0.25, -0.2) is 8.42 Å². The van der Waals surface area contributed by atoms with E-state index in [0.717, 1.165) is 16.4 Å². The van der Waals surface area contributed by atoms with Crippen molar-refractivity contribution >= 4 is 10.0 Å². The fourth-order valence-electron chi connectivity index (χ4n) is 2.45. The van der Waals surface area contributed by atoms with E-state index in [1.54, 1.807) is 0 Å². The summed E-state index contributed by atoms with van der Waals surface area (Å²) in [5.41, 5.74) is -1.12. The van der Waals surface area contributed by atoms with Crippen molar-refractivity contribution in [3.63, 3.8) is 0 Å². The predicted octanol–water partition coefficient (Wildman–Crippen LogP) is 2.08. The van der Waals surface area contributed by atoms with E-state index in [-0.39, 0.29) is 6.04 Å². The number of hydrogen-bond acceptors (Lipinski definition) is 3. The number of hydrogen-bond donors (Lipinski definition) is 1. The normalized spacial score (nSPS) is 18.1. The minimum Gasteiger partial charge on any atom is -0.317 e. The van der Waals surface area contributed by atoms with Crippen molar-refractivity contribution < 1.29 is 21.6 Å². The Labute approximate surface area is 122 Å².